The molecule has 4 rings (SSSR count). The molecule has 0 atom stereocenters. The van der Waals surface area contributed by atoms with Crippen LogP contribution in [0.25, 0.3) is 0 Å². The van der Waals surface area contributed by atoms with E-state index >= 15 is 0 Å². The van der Waals surface area contributed by atoms with Gasteiger partial charge in [0.2, 0.25) is 0 Å². The van der Waals surface area contributed by atoms with E-state index in [1.54, 1.807) is 0 Å². The predicted octanol–water partition coefficient (Wildman–Crippen LogP) is 3.67. The Kier molecular flexibility index (Phi) is 13.3. The number of nitrogens with zero attached hydrogens (tertiary/aromatic N) is 2. The Morgan fingerprint density at radius 1 is 0.840 bits per heavy atom. The van der Waals surface area contributed by atoms with Gasteiger partial charge in [0.25, 0.3) is 5.91 Å². The monoisotopic (exact) mass is 404 g/mol. The van der Waals surface area contributed by atoms with Crippen molar-refractivity contribution in [3.05, 3.63) is 94.5 Å². The molecule has 1 aromatic carbocycles. The minimum absolute atomic E-state index is 0.0591. The van der Waals surface area contributed by atoms with Crippen LogP contribution in [0.2, 0.25) is 0 Å². The molecule has 0 bridgehead atoms. The van der Waals surface area contributed by atoms with Crippen molar-refractivity contribution in [3.63, 3.8) is 0 Å². The van der Waals surface area contributed by atoms with Crippen LogP contribution < -0.4 is 4.90 Å². The summed E-state index contributed by atoms with van der Waals surface area (Å²) in [7, 11) is 4.64. The molecule has 2 saturated carbocycles. The second-order valence-corrected chi connectivity index (χ2v) is 4.95. The van der Waals surface area contributed by atoms with E-state index in [9.17, 15) is 4.79 Å². The summed E-state index contributed by atoms with van der Waals surface area (Å²) in [5.41, 5.74) is 0.791. The fraction of sp³-hybridized carbons (Fsp3) is 0.0526. The average Bonchev–Trinajstić information content (AvgIpc) is 3.44. The van der Waals surface area contributed by atoms with Gasteiger partial charge in [-0.3, -0.25) is 14.7 Å². The Labute approximate surface area is 173 Å². The van der Waals surface area contributed by atoms with Crippen LogP contribution in [-0.2, 0) is 36.8 Å². The number of carbonyl (C=O) groups excluding carboxylic acids is 1. The molecule has 3 nitrogen and oxygen atoms in total. The van der Waals surface area contributed by atoms with Crippen LogP contribution in [0.3, 0.4) is 0 Å². The van der Waals surface area contributed by atoms with Gasteiger partial charge in [0, 0.05) is 5.69 Å². The molecule has 1 aromatic rings. The van der Waals surface area contributed by atoms with Crippen LogP contribution in [0.5, 0.6) is 0 Å². The van der Waals surface area contributed by atoms with Crippen molar-refractivity contribution < 1.29 is 24.2 Å². The molecule has 2 fully saturated rings. The Morgan fingerprint density at radius 3 is 1.56 bits per heavy atom. The molecular weight excluding hydrogens is 388 g/mol. The Hall–Kier alpha value is -0.416. The van der Waals surface area contributed by atoms with Crippen molar-refractivity contribution >= 4 is 38.7 Å². The van der Waals surface area contributed by atoms with Gasteiger partial charge in [-0.15, -0.1) is 0 Å². The zero-order valence-electron chi connectivity index (χ0n) is 13.5. The fourth-order valence-electron chi connectivity index (χ4n) is 1.86. The van der Waals surface area contributed by atoms with E-state index < -0.39 is 0 Å². The molecule has 124 valence electrons. The summed E-state index contributed by atoms with van der Waals surface area (Å²) < 4.78 is 0. The number of aliphatic imine (C=N–C) groups is 1. The van der Waals surface area contributed by atoms with Crippen LogP contribution in [0.4, 0.5) is 5.69 Å². The third-order valence-corrected chi connectivity index (χ3v) is 3.23. The first-order valence-corrected chi connectivity index (χ1v) is 9.96. The molecule has 1 aliphatic heterocycles. The second kappa shape index (κ2) is 14.7. The molecule has 6 heteroatoms. The first-order chi connectivity index (χ1) is 12.3. The first kappa shape index (κ1) is 22.6. The van der Waals surface area contributed by atoms with Gasteiger partial charge in [0.15, 0.2) is 0 Å². The number of benzene rings is 1. The molecule has 25 heavy (non-hydrogen) atoms. The summed E-state index contributed by atoms with van der Waals surface area (Å²) in [5.74, 6) is -0.0591. The van der Waals surface area contributed by atoms with E-state index in [2.05, 4.69) is 14.3 Å². The average molecular weight is 405 g/mol. The number of para-hydroxylation sites is 1. The van der Waals surface area contributed by atoms with Gasteiger partial charge in [0.1, 0.15) is 6.54 Å². The van der Waals surface area contributed by atoms with Gasteiger partial charge in [-0.05, 0) is 81.5 Å². The quantitative estimate of drug-likeness (QED) is 0.528. The molecule has 0 spiro atoms. The van der Waals surface area contributed by atoms with Gasteiger partial charge < -0.3 is 12.6 Å². The number of anilines is 1. The van der Waals surface area contributed by atoms with Crippen molar-refractivity contribution in [1.82, 2.24) is 0 Å². The predicted molar refractivity (Wildman–Crippen MR) is 102 cm³/mol. The summed E-state index contributed by atoms with van der Waals surface area (Å²) in [6.45, 7) is 0.174. The summed E-state index contributed by atoms with van der Waals surface area (Å²) in [6.07, 6.45) is 20.0. The van der Waals surface area contributed by atoms with E-state index in [4.69, 9.17) is 12.6 Å². The number of amidine groups is 1. The van der Waals surface area contributed by atoms with Crippen molar-refractivity contribution in [2.45, 2.75) is 0 Å². The van der Waals surface area contributed by atoms with Crippen molar-refractivity contribution in [3.8, 4) is 0 Å². The topological polar surface area (TPSA) is 32.7 Å². The molecule has 0 N–H and O–H groups in total. The maximum absolute atomic E-state index is 11.3. The molecule has 0 aromatic heterocycles. The van der Waals surface area contributed by atoms with Crippen LogP contribution in [-0.4, -0.2) is 17.6 Å². The van der Waals surface area contributed by atoms with E-state index in [1.807, 2.05) is 94.5 Å². The number of hydrogen-bond acceptors (Lipinski definition) is 3. The van der Waals surface area contributed by atoms with E-state index in [0.29, 0.717) is 5.17 Å². The number of rotatable bonds is 1. The molecule has 1 heterocycles. The Morgan fingerprint density at radius 2 is 1.24 bits per heavy atom. The van der Waals surface area contributed by atoms with Crippen molar-refractivity contribution in [2.24, 2.45) is 4.99 Å². The standard InChI is InChI=1S/C9H8N2OS.2C5H5.ClH.Ti/c12-8-6-10-9(13)11(8)7-4-2-1-3-5-7;2*1-2-4-5-3-1;;/h1-5H,6H2,(H,10,13);2*1-5H;1H;/q;;;;+4/p-2. The zero-order valence-corrected chi connectivity index (χ0v) is 16.6. The zero-order chi connectivity index (χ0) is 18.3. The minimum atomic E-state index is -0.0591. The van der Waals surface area contributed by atoms with E-state index in [1.165, 1.54) is 24.3 Å². The molecule has 1 amide bonds. The number of amides is 1. The summed E-state index contributed by atoms with van der Waals surface area (Å²) in [5, 5.41) is 0.358. The molecule has 3 aliphatic rings. The Bertz CT molecular complexity index is 480. The van der Waals surface area contributed by atoms with Crippen LogP contribution in [0.1, 0.15) is 0 Å². The SMILES string of the molecule is O=C1CN=C([S-])N1c1ccccc1.[CH]1[CH][CH][CH][CH]1.[CH]1[CH][CH][CH][CH]1.[Cl][Ti+3]. The molecule has 0 saturated heterocycles. The van der Waals surface area contributed by atoms with E-state index in [-0.39, 0.29) is 12.5 Å². The number of carbonyl (C=O) groups is 1. The van der Waals surface area contributed by atoms with Gasteiger partial charge in [-0.2, -0.15) is 0 Å². The van der Waals surface area contributed by atoms with Crippen molar-refractivity contribution in [1.29, 1.82) is 0 Å². The van der Waals surface area contributed by atoms with Gasteiger partial charge in [0.05, 0.1) is 0 Å². The normalized spacial score (nSPS) is 18.3. The molecule has 10 radical (unpaired) electrons. The third kappa shape index (κ3) is 9.19. The summed E-state index contributed by atoms with van der Waals surface area (Å²) >= 11 is 6.41. The first-order valence-electron chi connectivity index (χ1n) is 7.41. The van der Waals surface area contributed by atoms with Crippen LogP contribution in [0.15, 0.2) is 35.3 Å². The van der Waals surface area contributed by atoms with Gasteiger partial charge >= 0.3 is 28.7 Å². The molecular formula is C19H17ClN2OSTi+2. The summed E-state index contributed by atoms with van der Waals surface area (Å²) in [4.78, 5) is 16.7. The number of hydrogen-bond donors (Lipinski definition) is 0. The van der Waals surface area contributed by atoms with Gasteiger partial charge in [-0.1, -0.05) is 18.2 Å². The van der Waals surface area contributed by atoms with E-state index in [0.717, 1.165) is 5.69 Å². The fourth-order valence-corrected chi connectivity index (χ4v) is 2.13. The Balaban J connectivity index is 0.000000214. The maximum atomic E-state index is 11.3. The van der Waals surface area contributed by atoms with Crippen molar-refractivity contribution in [2.75, 3.05) is 11.4 Å². The third-order valence-electron chi connectivity index (χ3n) is 2.92. The molecule has 2 aliphatic carbocycles. The van der Waals surface area contributed by atoms with Crippen LogP contribution in [0, 0.1) is 64.2 Å². The number of halogens is 1. The second-order valence-electron chi connectivity index (χ2n) is 4.59. The van der Waals surface area contributed by atoms with Crippen LogP contribution >= 0.6 is 9.30 Å². The molecule has 0 unspecified atom stereocenters. The van der Waals surface area contributed by atoms with Gasteiger partial charge in [-0.25, -0.2) is 0 Å². The summed E-state index contributed by atoms with van der Waals surface area (Å²) in [6, 6.07) is 9.30.